The van der Waals surface area contributed by atoms with Crippen molar-refractivity contribution in [3.63, 3.8) is 0 Å². The summed E-state index contributed by atoms with van der Waals surface area (Å²) in [6.45, 7) is 1.76. The SMILES string of the molecule is Cc1cccc(-c2nnc(SCC(=O)Nc3ccc(F)cc3F)n2CC(N)=O)c1. The second-order valence-corrected chi connectivity index (χ2v) is 7.13. The molecule has 3 aromatic rings. The van der Waals surface area contributed by atoms with Crippen molar-refractivity contribution in [1.82, 2.24) is 14.8 Å². The predicted octanol–water partition coefficient (Wildman–Crippen LogP) is 2.75. The van der Waals surface area contributed by atoms with E-state index in [1.54, 1.807) is 0 Å². The number of aryl methyl sites for hydroxylation is 1. The lowest BCUT2D eigenvalue weighted by Gasteiger charge is -2.09. The van der Waals surface area contributed by atoms with Gasteiger partial charge in [0.1, 0.15) is 18.2 Å². The molecule has 0 fully saturated rings. The van der Waals surface area contributed by atoms with Crippen LogP contribution < -0.4 is 11.1 Å². The Balaban J connectivity index is 1.76. The van der Waals surface area contributed by atoms with E-state index in [0.717, 1.165) is 35.0 Å². The Morgan fingerprint density at radius 3 is 2.66 bits per heavy atom. The summed E-state index contributed by atoms with van der Waals surface area (Å²) in [6, 6.07) is 10.4. The molecule has 150 valence electrons. The summed E-state index contributed by atoms with van der Waals surface area (Å²) in [7, 11) is 0. The van der Waals surface area contributed by atoms with Crippen LogP contribution in [-0.2, 0) is 16.1 Å². The van der Waals surface area contributed by atoms with E-state index in [1.807, 2.05) is 31.2 Å². The lowest BCUT2D eigenvalue weighted by Crippen LogP contribution is -2.20. The smallest absolute Gasteiger partial charge is 0.237 e. The number of hydrogen-bond donors (Lipinski definition) is 2. The van der Waals surface area contributed by atoms with Crippen LogP contribution in [0.1, 0.15) is 5.56 Å². The Labute approximate surface area is 169 Å². The number of rotatable bonds is 7. The second-order valence-electron chi connectivity index (χ2n) is 6.19. The Hall–Kier alpha value is -3.27. The molecule has 0 radical (unpaired) electrons. The molecule has 0 saturated heterocycles. The predicted molar refractivity (Wildman–Crippen MR) is 105 cm³/mol. The molecule has 29 heavy (non-hydrogen) atoms. The standard InChI is InChI=1S/C19H17F2N5O2S/c1-11-3-2-4-12(7-11)18-24-25-19(26(18)9-16(22)27)29-10-17(28)23-15-6-5-13(20)8-14(15)21/h2-8H,9-10H2,1H3,(H2,22,27)(H,23,28). The third-order valence-electron chi connectivity index (χ3n) is 3.84. The molecule has 3 rings (SSSR count). The van der Waals surface area contributed by atoms with Crippen molar-refractivity contribution in [1.29, 1.82) is 0 Å². The fourth-order valence-electron chi connectivity index (χ4n) is 2.60. The number of aromatic nitrogens is 3. The van der Waals surface area contributed by atoms with Gasteiger partial charge in [0.2, 0.25) is 11.8 Å². The van der Waals surface area contributed by atoms with Crippen molar-refractivity contribution in [2.45, 2.75) is 18.6 Å². The number of nitrogens with two attached hydrogens (primary N) is 1. The van der Waals surface area contributed by atoms with E-state index < -0.39 is 23.4 Å². The molecule has 2 aromatic carbocycles. The fraction of sp³-hybridized carbons (Fsp3) is 0.158. The maximum Gasteiger partial charge on any atom is 0.237 e. The van der Waals surface area contributed by atoms with E-state index >= 15 is 0 Å². The zero-order valence-corrected chi connectivity index (χ0v) is 16.2. The molecule has 7 nitrogen and oxygen atoms in total. The summed E-state index contributed by atoms with van der Waals surface area (Å²) in [5.41, 5.74) is 6.97. The minimum Gasteiger partial charge on any atom is -0.368 e. The van der Waals surface area contributed by atoms with Gasteiger partial charge in [-0.1, -0.05) is 35.5 Å². The fourth-order valence-corrected chi connectivity index (χ4v) is 3.34. The van der Waals surface area contributed by atoms with Crippen molar-refractivity contribution in [3.05, 3.63) is 59.7 Å². The molecule has 0 spiro atoms. The van der Waals surface area contributed by atoms with Gasteiger partial charge in [0.15, 0.2) is 11.0 Å². The van der Waals surface area contributed by atoms with Crippen LogP contribution in [0.25, 0.3) is 11.4 Å². The van der Waals surface area contributed by atoms with Gasteiger partial charge in [-0.25, -0.2) is 8.78 Å². The van der Waals surface area contributed by atoms with Crippen LogP contribution in [-0.4, -0.2) is 32.3 Å². The lowest BCUT2D eigenvalue weighted by atomic mass is 10.1. The maximum absolute atomic E-state index is 13.7. The van der Waals surface area contributed by atoms with E-state index in [2.05, 4.69) is 15.5 Å². The highest BCUT2D eigenvalue weighted by atomic mass is 32.2. The van der Waals surface area contributed by atoms with Crippen LogP contribution in [0, 0.1) is 18.6 Å². The molecule has 0 unspecified atom stereocenters. The van der Waals surface area contributed by atoms with Gasteiger partial charge in [0.25, 0.3) is 0 Å². The molecule has 0 aliphatic heterocycles. The number of benzene rings is 2. The number of hydrogen-bond acceptors (Lipinski definition) is 5. The van der Waals surface area contributed by atoms with Crippen LogP contribution >= 0.6 is 11.8 Å². The first-order valence-electron chi connectivity index (χ1n) is 8.49. The van der Waals surface area contributed by atoms with Gasteiger partial charge in [-0.3, -0.25) is 14.2 Å². The summed E-state index contributed by atoms with van der Waals surface area (Å²) >= 11 is 1.02. The monoisotopic (exact) mass is 417 g/mol. The Bertz CT molecular complexity index is 1070. The molecule has 0 bridgehead atoms. The zero-order valence-electron chi connectivity index (χ0n) is 15.4. The molecule has 0 saturated carbocycles. The van der Waals surface area contributed by atoms with Gasteiger partial charge in [-0.05, 0) is 25.1 Å². The average Bonchev–Trinajstić information content (AvgIpc) is 3.04. The summed E-state index contributed by atoms with van der Waals surface area (Å²) in [5, 5.41) is 10.8. The molecule has 2 amide bonds. The second kappa shape index (κ2) is 8.82. The quantitative estimate of drug-likeness (QED) is 0.576. The topological polar surface area (TPSA) is 103 Å². The minimum atomic E-state index is -0.873. The number of nitrogens with zero attached hydrogens (tertiary/aromatic N) is 3. The number of primary amides is 1. The molecule has 1 heterocycles. The van der Waals surface area contributed by atoms with Crippen LogP contribution in [0.3, 0.4) is 0 Å². The number of nitrogens with one attached hydrogen (secondary N) is 1. The van der Waals surface area contributed by atoms with Crippen molar-refractivity contribution in [2.75, 3.05) is 11.1 Å². The Kier molecular flexibility index (Phi) is 6.23. The number of halogens is 2. The van der Waals surface area contributed by atoms with E-state index in [0.29, 0.717) is 17.0 Å². The summed E-state index contributed by atoms with van der Waals surface area (Å²) in [6.07, 6.45) is 0. The van der Waals surface area contributed by atoms with Gasteiger partial charge < -0.3 is 11.1 Å². The first kappa shape index (κ1) is 20.5. The lowest BCUT2D eigenvalue weighted by molar-refractivity contribution is -0.118. The van der Waals surface area contributed by atoms with E-state index in [-0.39, 0.29) is 18.0 Å². The normalized spacial score (nSPS) is 10.7. The van der Waals surface area contributed by atoms with E-state index in [1.165, 1.54) is 4.57 Å². The molecule has 3 N–H and O–H groups in total. The third-order valence-corrected chi connectivity index (χ3v) is 4.81. The number of carbonyl (C=O) groups excluding carboxylic acids is 2. The molecular formula is C19H17F2N5O2S. The minimum absolute atomic E-state index is 0.123. The van der Waals surface area contributed by atoms with Crippen LogP contribution in [0.4, 0.5) is 14.5 Å². The molecule has 1 aromatic heterocycles. The van der Waals surface area contributed by atoms with E-state index in [9.17, 15) is 18.4 Å². The van der Waals surface area contributed by atoms with E-state index in [4.69, 9.17) is 5.73 Å². The largest absolute Gasteiger partial charge is 0.368 e. The van der Waals surface area contributed by atoms with Gasteiger partial charge in [-0.2, -0.15) is 0 Å². The third kappa shape index (κ3) is 5.17. The van der Waals surface area contributed by atoms with Crippen LogP contribution in [0.5, 0.6) is 0 Å². The van der Waals surface area contributed by atoms with Gasteiger partial charge in [-0.15, -0.1) is 10.2 Å². The molecular weight excluding hydrogens is 400 g/mol. The van der Waals surface area contributed by atoms with Crippen LogP contribution in [0.2, 0.25) is 0 Å². The molecule has 0 aliphatic rings. The summed E-state index contributed by atoms with van der Waals surface area (Å²) in [5.74, 6) is -2.40. The number of amides is 2. The number of thioether (sulfide) groups is 1. The highest BCUT2D eigenvalue weighted by molar-refractivity contribution is 7.99. The molecule has 10 heteroatoms. The number of carbonyl (C=O) groups is 2. The summed E-state index contributed by atoms with van der Waals surface area (Å²) in [4.78, 5) is 23.6. The van der Waals surface area contributed by atoms with Gasteiger partial charge >= 0.3 is 0 Å². The van der Waals surface area contributed by atoms with Crippen molar-refractivity contribution in [3.8, 4) is 11.4 Å². The molecule has 0 aliphatic carbocycles. The van der Waals surface area contributed by atoms with Crippen molar-refractivity contribution >= 4 is 29.3 Å². The zero-order chi connectivity index (χ0) is 21.0. The Morgan fingerprint density at radius 2 is 1.97 bits per heavy atom. The highest BCUT2D eigenvalue weighted by Crippen LogP contribution is 2.25. The molecule has 0 atom stereocenters. The highest BCUT2D eigenvalue weighted by Gasteiger charge is 2.18. The van der Waals surface area contributed by atoms with Crippen LogP contribution in [0.15, 0.2) is 47.6 Å². The van der Waals surface area contributed by atoms with Gasteiger partial charge in [0.05, 0.1) is 11.4 Å². The Morgan fingerprint density at radius 1 is 1.17 bits per heavy atom. The maximum atomic E-state index is 13.7. The van der Waals surface area contributed by atoms with Crippen molar-refractivity contribution < 1.29 is 18.4 Å². The first-order valence-corrected chi connectivity index (χ1v) is 9.48. The summed E-state index contributed by atoms with van der Waals surface area (Å²) < 4.78 is 28.1. The number of anilines is 1. The van der Waals surface area contributed by atoms with Gasteiger partial charge in [0, 0.05) is 11.6 Å². The average molecular weight is 417 g/mol. The first-order chi connectivity index (χ1) is 13.8. The van der Waals surface area contributed by atoms with Crippen molar-refractivity contribution in [2.24, 2.45) is 5.73 Å².